The SMILES string of the molecule is CC(C)CC(C)NCC(c1ccccc1)N(C)C. The van der Waals surface area contributed by atoms with Crippen molar-refractivity contribution in [3.8, 4) is 0 Å². The molecule has 0 spiro atoms. The van der Waals surface area contributed by atoms with E-state index in [0.29, 0.717) is 12.1 Å². The molecule has 1 rings (SSSR count). The standard InChI is InChI=1S/C16H28N2/c1-13(2)11-14(3)17-12-16(18(4)5)15-9-7-6-8-10-15/h6-10,13-14,16-17H,11-12H2,1-5H3. The lowest BCUT2D eigenvalue weighted by Crippen LogP contribution is -2.36. The zero-order valence-corrected chi connectivity index (χ0v) is 12.5. The maximum atomic E-state index is 3.65. The number of likely N-dealkylation sites (N-methyl/N-ethyl adjacent to an activating group) is 1. The minimum Gasteiger partial charge on any atom is -0.312 e. The van der Waals surface area contributed by atoms with Crippen LogP contribution >= 0.6 is 0 Å². The molecule has 1 aromatic rings. The van der Waals surface area contributed by atoms with E-state index in [1.165, 1.54) is 12.0 Å². The lowest BCUT2D eigenvalue weighted by Gasteiger charge is -2.27. The van der Waals surface area contributed by atoms with Crippen molar-refractivity contribution in [2.45, 2.75) is 39.3 Å². The highest BCUT2D eigenvalue weighted by molar-refractivity contribution is 5.19. The summed E-state index contributed by atoms with van der Waals surface area (Å²) in [6.45, 7) is 7.83. The number of nitrogens with zero attached hydrogens (tertiary/aromatic N) is 1. The number of rotatable bonds is 7. The van der Waals surface area contributed by atoms with Crippen LogP contribution in [0, 0.1) is 5.92 Å². The summed E-state index contributed by atoms with van der Waals surface area (Å²) in [5.41, 5.74) is 1.38. The molecule has 0 aliphatic heterocycles. The average Bonchev–Trinajstić information content (AvgIpc) is 2.29. The van der Waals surface area contributed by atoms with Crippen LogP contribution in [-0.4, -0.2) is 31.6 Å². The molecule has 1 N–H and O–H groups in total. The average molecular weight is 248 g/mol. The molecule has 2 heteroatoms. The van der Waals surface area contributed by atoms with E-state index in [2.05, 4.69) is 75.4 Å². The second kappa shape index (κ2) is 7.55. The van der Waals surface area contributed by atoms with Gasteiger partial charge in [0.25, 0.3) is 0 Å². The summed E-state index contributed by atoms with van der Waals surface area (Å²) < 4.78 is 0. The lowest BCUT2D eigenvalue weighted by molar-refractivity contribution is 0.276. The molecule has 0 fully saturated rings. The van der Waals surface area contributed by atoms with Gasteiger partial charge in [-0.05, 0) is 38.9 Å². The molecular weight excluding hydrogens is 220 g/mol. The molecule has 2 atom stereocenters. The number of benzene rings is 1. The molecule has 0 bridgehead atoms. The van der Waals surface area contributed by atoms with Crippen LogP contribution in [-0.2, 0) is 0 Å². The van der Waals surface area contributed by atoms with Crippen molar-refractivity contribution < 1.29 is 0 Å². The van der Waals surface area contributed by atoms with Crippen molar-refractivity contribution in [3.05, 3.63) is 35.9 Å². The van der Waals surface area contributed by atoms with Gasteiger partial charge in [-0.1, -0.05) is 44.2 Å². The first kappa shape index (κ1) is 15.2. The second-order valence-electron chi connectivity index (χ2n) is 5.83. The Morgan fingerprint density at radius 1 is 1.06 bits per heavy atom. The molecule has 2 unspecified atom stereocenters. The van der Waals surface area contributed by atoms with Gasteiger partial charge in [0.05, 0.1) is 0 Å². The first-order valence-electron chi connectivity index (χ1n) is 6.95. The van der Waals surface area contributed by atoms with E-state index in [1.54, 1.807) is 0 Å². The first-order valence-corrected chi connectivity index (χ1v) is 6.95. The summed E-state index contributed by atoms with van der Waals surface area (Å²) in [5.74, 6) is 0.752. The lowest BCUT2D eigenvalue weighted by atomic mass is 10.0. The Balaban J connectivity index is 2.55. The number of nitrogens with one attached hydrogen (secondary N) is 1. The van der Waals surface area contributed by atoms with Gasteiger partial charge in [-0.3, -0.25) is 0 Å². The zero-order chi connectivity index (χ0) is 13.5. The molecular formula is C16H28N2. The molecule has 0 aliphatic carbocycles. The normalized spacial score (nSPS) is 15.1. The molecule has 0 heterocycles. The summed E-state index contributed by atoms with van der Waals surface area (Å²) in [7, 11) is 4.29. The quantitative estimate of drug-likeness (QED) is 0.796. The van der Waals surface area contributed by atoms with Crippen molar-refractivity contribution >= 4 is 0 Å². The van der Waals surface area contributed by atoms with Crippen LogP contribution in [0.2, 0.25) is 0 Å². The largest absolute Gasteiger partial charge is 0.312 e. The van der Waals surface area contributed by atoms with Gasteiger partial charge in [-0.2, -0.15) is 0 Å². The minimum absolute atomic E-state index is 0.445. The van der Waals surface area contributed by atoms with Crippen molar-refractivity contribution in [1.29, 1.82) is 0 Å². The molecule has 0 aromatic heterocycles. The summed E-state index contributed by atoms with van der Waals surface area (Å²) in [6.07, 6.45) is 1.23. The Hall–Kier alpha value is -0.860. The molecule has 0 saturated heterocycles. The molecule has 0 aliphatic rings. The Kier molecular flexibility index (Phi) is 6.37. The predicted octanol–water partition coefficient (Wildman–Crippen LogP) is 3.31. The smallest absolute Gasteiger partial charge is 0.0466 e. The van der Waals surface area contributed by atoms with Crippen LogP contribution in [0.3, 0.4) is 0 Å². The molecule has 0 saturated carbocycles. The Labute approximate surface area is 112 Å². The zero-order valence-electron chi connectivity index (χ0n) is 12.5. The molecule has 1 aromatic carbocycles. The van der Waals surface area contributed by atoms with Crippen LogP contribution < -0.4 is 5.32 Å². The topological polar surface area (TPSA) is 15.3 Å². The Morgan fingerprint density at radius 2 is 1.67 bits per heavy atom. The predicted molar refractivity (Wildman–Crippen MR) is 79.8 cm³/mol. The monoisotopic (exact) mass is 248 g/mol. The van der Waals surface area contributed by atoms with Crippen molar-refractivity contribution in [2.75, 3.05) is 20.6 Å². The van der Waals surface area contributed by atoms with Gasteiger partial charge < -0.3 is 10.2 Å². The van der Waals surface area contributed by atoms with Gasteiger partial charge >= 0.3 is 0 Å². The third-order valence-electron chi connectivity index (χ3n) is 3.29. The molecule has 102 valence electrons. The summed E-state index contributed by atoms with van der Waals surface area (Å²) in [6, 6.07) is 11.7. The molecule has 0 amide bonds. The summed E-state index contributed by atoms with van der Waals surface area (Å²) in [4.78, 5) is 2.28. The molecule has 18 heavy (non-hydrogen) atoms. The number of hydrogen-bond donors (Lipinski definition) is 1. The van der Waals surface area contributed by atoms with Gasteiger partial charge in [0.1, 0.15) is 0 Å². The van der Waals surface area contributed by atoms with Gasteiger partial charge in [0.2, 0.25) is 0 Å². The second-order valence-corrected chi connectivity index (χ2v) is 5.83. The fraction of sp³-hybridized carbons (Fsp3) is 0.625. The van der Waals surface area contributed by atoms with Crippen molar-refractivity contribution in [1.82, 2.24) is 10.2 Å². The maximum absolute atomic E-state index is 3.65. The minimum atomic E-state index is 0.445. The van der Waals surface area contributed by atoms with Crippen LogP contribution in [0.1, 0.15) is 38.8 Å². The van der Waals surface area contributed by atoms with E-state index < -0.39 is 0 Å². The van der Waals surface area contributed by atoms with Crippen LogP contribution in [0.5, 0.6) is 0 Å². The van der Waals surface area contributed by atoms with Gasteiger partial charge in [-0.25, -0.2) is 0 Å². The first-order chi connectivity index (χ1) is 8.50. The fourth-order valence-electron chi connectivity index (χ4n) is 2.38. The number of hydrogen-bond acceptors (Lipinski definition) is 2. The third kappa shape index (κ3) is 5.19. The molecule has 0 radical (unpaired) electrons. The molecule has 2 nitrogen and oxygen atoms in total. The highest BCUT2D eigenvalue weighted by Crippen LogP contribution is 2.17. The van der Waals surface area contributed by atoms with Crippen molar-refractivity contribution in [2.24, 2.45) is 5.92 Å². The van der Waals surface area contributed by atoms with E-state index in [1.807, 2.05) is 0 Å². The van der Waals surface area contributed by atoms with Gasteiger partial charge in [0.15, 0.2) is 0 Å². The highest BCUT2D eigenvalue weighted by Gasteiger charge is 2.14. The summed E-state index contributed by atoms with van der Waals surface area (Å²) >= 11 is 0. The van der Waals surface area contributed by atoms with Crippen LogP contribution in [0.25, 0.3) is 0 Å². The maximum Gasteiger partial charge on any atom is 0.0466 e. The van der Waals surface area contributed by atoms with Crippen LogP contribution in [0.4, 0.5) is 0 Å². The van der Waals surface area contributed by atoms with E-state index in [4.69, 9.17) is 0 Å². The summed E-state index contributed by atoms with van der Waals surface area (Å²) in [5, 5.41) is 3.65. The highest BCUT2D eigenvalue weighted by atomic mass is 15.1. The third-order valence-corrected chi connectivity index (χ3v) is 3.29. The van der Waals surface area contributed by atoms with E-state index in [9.17, 15) is 0 Å². The fourth-order valence-corrected chi connectivity index (χ4v) is 2.38. The van der Waals surface area contributed by atoms with E-state index >= 15 is 0 Å². The van der Waals surface area contributed by atoms with E-state index in [0.717, 1.165) is 12.5 Å². The Bertz CT molecular complexity index is 319. The van der Waals surface area contributed by atoms with E-state index in [-0.39, 0.29) is 0 Å². The van der Waals surface area contributed by atoms with Crippen molar-refractivity contribution in [3.63, 3.8) is 0 Å². The van der Waals surface area contributed by atoms with Crippen LogP contribution in [0.15, 0.2) is 30.3 Å². The van der Waals surface area contributed by atoms with Gasteiger partial charge in [0, 0.05) is 18.6 Å². The Morgan fingerprint density at radius 3 is 2.17 bits per heavy atom. The van der Waals surface area contributed by atoms with Gasteiger partial charge in [-0.15, -0.1) is 0 Å².